The molecule has 2 aromatic rings. The van der Waals surface area contributed by atoms with Crippen molar-refractivity contribution >= 4 is 16.9 Å². The molecule has 138 valence electrons. The van der Waals surface area contributed by atoms with Crippen LogP contribution in [0.4, 0.5) is 4.79 Å². The number of benzene rings is 2. The van der Waals surface area contributed by atoms with Gasteiger partial charge in [-0.3, -0.25) is 4.90 Å². The summed E-state index contributed by atoms with van der Waals surface area (Å²) in [7, 11) is 0. The van der Waals surface area contributed by atoms with E-state index < -0.39 is 0 Å². The van der Waals surface area contributed by atoms with Gasteiger partial charge in [0.2, 0.25) is 0 Å². The normalized spacial score (nSPS) is 26.1. The largest absolute Gasteiger partial charge is 0.489 e. The molecule has 0 spiro atoms. The first-order chi connectivity index (χ1) is 12.7. The minimum atomic E-state index is -0.206. The topological polar surface area (TPSA) is 43.2 Å². The van der Waals surface area contributed by atoms with Crippen molar-refractivity contribution in [2.75, 3.05) is 32.9 Å². The van der Waals surface area contributed by atoms with E-state index in [0.717, 1.165) is 42.2 Å². The number of carbonyl (C=O) groups excluding carboxylic acids is 1. The van der Waals surface area contributed by atoms with Gasteiger partial charge in [-0.2, -0.15) is 0 Å². The van der Waals surface area contributed by atoms with Crippen molar-refractivity contribution in [1.82, 2.24) is 4.90 Å². The lowest BCUT2D eigenvalue weighted by Gasteiger charge is -2.29. The number of hydrogen-bond acceptors (Lipinski definition) is 3. The maximum absolute atomic E-state index is 12.2. The maximum Gasteiger partial charge on any atom is 0.414 e. The second-order valence-corrected chi connectivity index (χ2v) is 7.61. The smallest absolute Gasteiger partial charge is 0.414 e. The Bertz CT molecular complexity index is 765. The number of nitrogens with one attached hydrogen (secondary N) is 1. The number of hydrogen-bond donors (Lipinski definition) is 1. The fourth-order valence-corrected chi connectivity index (χ4v) is 3.89. The van der Waals surface area contributed by atoms with Gasteiger partial charge < -0.3 is 14.4 Å². The van der Waals surface area contributed by atoms with E-state index in [2.05, 4.69) is 25.1 Å². The Morgan fingerprint density at radius 3 is 2.77 bits per heavy atom. The molecule has 0 unspecified atom stereocenters. The molecule has 5 heteroatoms. The summed E-state index contributed by atoms with van der Waals surface area (Å²) in [6, 6.07) is 14.2. The fourth-order valence-electron chi connectivity index (χ4n) is 3.89. The highest BCUT2D eigenvalue weighted by atomic mass is 16.6. The summed E-state index contributed by atoms with van der Waals surface area (Å²) >= 11 is 0. The summed E-state index contributed by atoms with van der Waals surface area (Å²) in [6.45, 7) is 6.34. The van der Waals surface area contributed by atoms with Crippen LogP contribution in [0.25, 0.3) is 10.8 Å². The van der Waals surface area contributed by atoms with E-state index in [1.54, 1.807) is 0 Å². The average Bonchev–Trinajstić information content (AvgIpc) is 3.01. The fraction of sp³-hybridized carbons (Fsp3) is 0.476. The third-order valence-corrected chi connectivity index (χ3v) is 5.52. The third-order valence-electron chi connectivity index (χ3n) is 5.52. The predicted molar refractivity (Wildman–Crippen MR) is 100 cm³/mol. The van der Waals surface area contributed by atoms with Crippen LogP contribution >= 0.6 is 0 Å². The number of likely N-dealkylation sites (tertiary alicyclic amines) is 1. The molecular weight excluding hydrogens is 328 g/mol. The van der Waals surface area contributed by atoms with Crippen molar-refractivity contribution in [3.8, 4) is 5.75 Å². The van der Waals surface area contributed by atoms with Crippen molar-refractivity contribution in [1.29, 1.82) is 0 Å². The SMILES string of the molecule is CC1CC[NH+](CN2C[C@@H](COc3cccc4ccccc34)OC2=O)CC1. The second kappa shape index (κ2) is 7.54. The second-order valence-electron chi connectivity index (χ2n) is 7.61. The first kappa shape index (κ1) is 17.2. The highest BCUT2D eigenvalue weighted by Crippen LogP contribution is 2.25. The lowest BCUT2D eigenvalue weighted by atomic mass is 10.00. The molecular formula is C21H27N2O3+. The molecule has 0 saturated carbocycles. The van der Waals surface area contributed by atoms with Gasteiger partial charge in [-0.15, -0.1) is 0 Å². The monoisotopic (exact) mass is 355 g/mol. The molecule has 0 aromatic heterocycles. The Balaban J connectivity index is 1.33. The van der Waals surface area contributed by atoms with E-state index in [9.17, 15) is 4.79 Å². The van der Waals surface area contributed by atoms with Crippen molar-refractivity contribution in [2.24, 2.45) is 5.92 Å². The molecule has 1 N–H and O–H groups in total. The molecule has 0 radical (unpaired) electrons. The molecule has 2 heterocycles. The number of carbonyl (C=O) groups is 1. The zero-order valence-electron chi connectivity index (χ0n) is 15.3. The van der Waals surface area contributed by atoms with E-state index in [1.807, 2.05) is 29.2 Å². The van der Waals surface area contributed by atoms with Crippen molar-refractivity contribution < 1.29 is 19.2 Å². The summed E-state index contributed by atoms with van der Waals surface area (Å²) in [5.41, 5.74) is 0. The first-order valence-corrected chi connectivity index (χ1v) is 9.59. The highest BCUT2D eigenvalue weighted by Gasteiger charge is 2.34. The van der Waals surface area contributed by atoms with Gasteiger partial charge in [0.1, 0.15) is 12.4 Å². The summed E-state index contributed by atoms with van der Waals surface area (Å²) in [5.74, 6) is 1.65. The molecule has 1 amide bonds. The highest BCUT2D eigenvalue weighted by molar-refractivity contribution is 5.88. The molecule has 1 atom stereocenters. The lowest BCUT2D eigenvalue weighted by Crippen LogP contribution is -3.14. The summed E-state index contributed by atoms with van der Waals surface area (Å²) in [4.78, 5) is 15.5. The molecule has 2 aromatic carbocycles. The Morgan fingerprint density at radius 1 is 1.15 bits per heavy atom. The molecule has 0 bridgehead atoms. The lowest BCUT2D eigenvalue weighted by molar-refractivity contribution is -0.914. The van der Waals surface area contributed by atoms with Gasteiger partial charge in [0, 0.05) is 5.39 Å². The summed E-state index contributed by atoms with van der Waals surface area (Å²) < 4.78 is 11.5. The molecule has 5 nitrogen and oxygen atoms in total. The quantitative estimate of drug-likeness (QED) is 0.895. The van der Waals surface area contributed by atoms with Crippen molar-refractivity contribution in [3.05, 3.63) is 42.5 Å². The number of rotatable bonds is 5. The molecule has 2 fully saturated rings. The van der Waals surface area contributed by atoms with Gasteiger partial charge >= 0.3 is 6.09 Å². The number of quaternary nitrogens is 1. The Kier molecular flexibility index (Phi) is 4.98. The molecule has 4 rings (SSSR count). The number of piperidine rings is 1. The van der Waals surface area contributed by atoms with Gasteiger partial charge in [0.25, 0.3) is 0 Å². The number of cyclic esters (lactones) is 1. The number of ether oxygens (including phenoxy) is 2. The van der Waals surface area contributed by atoms with E-state index in [-0.39, 0.29) is 12.2 Å². The van der Waals surface area contributed by atoms with Gasteiger partial charge in [-0.05, 0) is 30.2 Å². The van der Waals surface area contributed by atoms with Gasteiger partial charge in [0.15, 0.2) is 12.8 Å². The molecule has 2 aliphatic heterocycles. The zero-order valence-corrected chi connectivity index (χ0v) is 15.3. The molecule has 2 saturated heterocycles. The van der Waals surface area contributed by atoms with E-state index in [0.29, 0.717) is 13.2 Å². The maximum atomic E-state index is 12.2. The number of nitrogens with zero attached hydrogens (tertiary/aromatic N) is 1. The van der Waals surface area contributed by atoms with Crippen LogP contribution in [0.15, 0.2) is 42.5 Å². The summed E-state index contributed by atoms with van der Waals surface area (Å²) in [6.07, 6.45) is 2.07. The van der Waals surface area contributed by atoms with Gasteiger partial charge in [-0.1, -0.05) is 43.3 Å². The van der Waals surface area contributed by atoms with Crippen LogP contribution < -0.4 is 9.64 Å². The van der Waals surface area contributed by atoms with E-state index >= 15 is 0 Å². The Labute approximate surface area is 154 Å². The minimum Gasteiger partial charge on any atom is -0.489 e. The first-order valence-electron chi connectivity index (χ1n) is 9.59. The molecule has 26 heavy (non-hydrogen) atoms. The molecule has 0 aliphatic carbocycles. The van der Waals surface area contributed by atoms with Crippen molar-refractivity contribution in [3.63, 3.8) is 0 Å². The minimum absolute atomic E-state index is 0.204. The van der Waals surface area contributed by atoms with Crippen LogP contribution in [0.3, 0.4) is 0 Å². The van der Waals surface area contributed by atoms with E-state index in [4.69, 9.17) is 9.47 Å². The predicted octanol–water partition coefficient (Wildman–Crippen LogP) is 2.31. The Morgan fingerprint density at radius 2 is 1.92 bits per heavy atom. The molecule has 2 aliphatic rings. The number of fused-ring (bicyclic) bond motifs is 1. The standard InChI is InChI=1S/C21H26N2O3/c1-16-9-11-22(12-10-16)15-23-13-18(26-21(23)24)14-25-20-8-4-6-17-5-2-3-7-19(17)20/h2-8,16,18H,9-15H2,1H3/p+1/t18-/m0/s1. The van der Waals surface area contributed by atoms with Gasteiger partial charge in [-0.25, -0.2) is 4.79 Å². The van der Waals surface area contributed by atoms with Crippen LogP contribution in [0.2, 0.25) is 0 Å². The van der Waals surface area contributed by atoms with Crippen LogP contribution in [0.1, 0.15) is 19.8 Å². The average molecular weight is 355 g/mol. The zero-order chi connectivity index (χ0) is 17.9. The van der Waals surface area contributed by atoms with Crippen LogP contribution in [-0.2, 0) is 4.74 Å². The third kappa shape index (κ3) is 3.78. The van der Waals surface area contributed by atoms with Crippen LogP contribution in [0.5, 0.6) is 5.75 Å². The number of amides is 1. The van der Waals surface area contributed by atoms with Gasteiger partial charge in [0.05, 0.1) is 19.6 Å². The van der Waals surface area contributed by atoms with Crippen molar-refractivity contribution in [2.45, 2.75) is 25.9 Å². The van der Waals surface area contributed by atoms with E-state index in [1.165, 1.54) is 17.7 Å². The van der Waals surface area contributed by atoms with Crippen LogP contribution in [-0.4, -0.2) is 50.0 Å². The Hall–Kier alpha value is -2.27. The van der Waals surface area contributed by atoms with Crippen LogP contribution in [0, 0.1) is 5.92 Å². The summed E-state index contributed by atoms with van der Waals surface area (Å²) in [5, 5.41) is 2.24.